The van der Waals surface area contributed by atoms with Crippen LogP contribution in [0.2, 0.25) is 5.02 Å². The fraction of sp³-hybridized carbons (Fsp3) is 0.545. The number of hydrogen-bond acceptors (Lipinski definition) is 7. The first-order valence-corrected chi connectivity index (χ1v) is 11.8. The molecule has 2 atom stereocenters. The summed E-state index contributed by atoms with van der Waals surface area (Å²) in [4.78, 5) is 57.2. The van der Waals surface area contributed by atoms with E-state index < -0.39 is 36.3 Å². The van der Waals surface area contributed by atoms with E-state index >= 15 is 0 Å². The van der Waals surface area contributed by atoms with Crippen LogP contribution in [0.5, 0.6) is 0 Å². The van der Waals surface area contributed by atoms with Gasteiger partial charge in [0.2, 0.25) is 11.8 Å². The molecule has 0 unspecified atom stereocenters. The van der Waals surface area contributed by atoms with Crippen LogP contribution in [0.25, 0.3) is 0 Å². The van der Waals surface area contributed by atoms with Crippen LogP contribution >= 0.6 is 24.0 Å². The van der Waals surface area contributed by atoms with Crippen molar-refractivity contribution in [3.8, 4) is 0 Å². The molecular formula is C22H31Cl2N7O5. The number of pyridine rings is 1. The maximum atomic E-state index is 13.2. The monoisotopic (exact) mass is 543 g/mol. The van der Waals surface area contributed by atoms with Gasteiger partial charge in [-0.05, 0) is 43.7 Å². The molecule has 1 aromatic heterocycles. The number of nitrogens with two attached hydrogens (primary N) is 1. The number of hydrogen-bond donors (Lipinski definition) is 4. The highest BCUT2D eigenvalue weighted by Crippen LogP contribution is 2.27. The molecule has 2 fully saturated rings. The number of aromatic nitrogens is 1. The van der Waals surface area contributed by atoms with Gasteiger partial charge in [0.25, 0.3) is 5.91 Å². The van der Waals surface area contributed by atoms with Gasteiger partial charge in [0, 0.05) is 36.9 Å². The minimum Gasteiger partial charge on any atom is -0.480 e. The van der Waals surface area contributed by atoms with Crippen molar-refractivity contribution in [2.45, 2.75) is 44.2 Å². The van der Waals surface area contributed by atoms with E-state index in [4.69, 9.17) is 17.4 Å². The number of piperidine rings is 1. The quantitative estimate of drug-likeness (QED) is 0.135. The fourth-order valence-electron chi connectivity index (χ4n) is 4.06. The van der Waals surface area contributed by atoms with Gasteiger partial charge in [-0.2, -0.15) is 5.10 Å². The Morgan fingerprint density at radius 2 is 2.08 bits per heavy atom. The number of carbonyl (C=O) groups is 4. The summed E-state index contributed by atoms with van der Waals surface area (Å²) < 4.78 is 0. The summed E-state index contributed by atoms with van der Waals surface area (Å²) in [7, 11) is 0. The highest BCUT2D eigenvalue weighted by atomic mass is 35.5. The molecule has 2 aliphatic rings. The molecule has 0 aromatic carbocycles. The molecule has 0 spiro atoms. The number of aliphatic carboxylic acids is 1. The summed E-state index contributed by atoms with van der Waals surface area (Å²) in [6, 6.07) is 1.37. The molecule has 3 amide bonds. The SMILES string of the molecule is Cl.NN=CN1CCC[C@@H](CNC(=O)C[C@H](NC(=O)c2cc(Cl)ccn2)C(=O)N(CC(=O)O)C2CC2)C1. The summed E-state index contributed by atoms with van der Waals surface area (Å²) in [6.45, 7) is 1.41. The number of nitrogens with zero attached hydrogens (tertiary/aromatic N) is 4. The van der Waals surface area contributed by atoms with Crippen LogP contribution in [0.4, 0.5) is 0 Å². The van der Waals surface area contributed by atoms with Gasteiger partial charge in [-0.15, -0.1) is 12.4 Å². The molecule has 1 saturated carbocycles. The molecule has 1 saturated heterocycles. The number of carboxylic acids is 1. The Morgan fingerprint density at radius 1 is 1.33 bits per heavy atom. The standard InChI is InChI=1S/C22H30ClN7O5.ClH/c23-15-5-6-25-17(8-15)21(34)28-18(22(35)30(12-20(32)33)16-3-4-16)9-19(31)26-10-14-2-1-7-29(11-14)13-27-24;/h5-6,8,13-14,16,18H,1-4,7,9-12,24H2,(H,26,31)(H,28,34)(H,32,33);1H/t14-,18-;/m0./s1. The van der Waals surface area contributed by atoms with Gasteiger partial charge in [-0.3, -0.25) is 24.2 Å². The second-order valence-electron chi connectivity index (χ2n) is 8.75. The van der Waals surface area contributed by atoms with Crippen molar-refractivity contribution >= 4 is 54.0 Å². The predicted octanol–water partition coefficient (Wildman–Crippen LogP) is 0.451. The minimum atomic E-state index is -1.25. The number of amides is 3. The summed E-state index contributed by atoms with van der Waals surface area (Å²) >= 11 is 5.93. The molecule has 36 heavy (non-hydrogen) atoms. The topological polar surface area (TPSA) is 170 Å². The molecule has 5 N–H and O–H groups in total. The molecule has 2 heterocycles. The normalized spacial score (nSPS) is 18.1. The highest BCUT2D eigenvalue weighted by molar-refractivity contribution is 6.30. The first kappa shape index (κ1) is 29.1. The number of nitrogens with one attached hydrogen (secondary N) is 2. The van der Waals surface area contributed by atoms with Crippen molar-refractivity contribution in [1.29, 1.82) is 0 Å². The smallest absolute Gasteiger partial charge is 0.323 e. The van der Waals surface area contributed by atoms with Crippen LogP contribution in [-0.2, 0) is 14.4 Å². The number of halogens is 2. The van der Waals surface area contributed by atoms with Crippen molar-refractivity contribution in [2.24, 2.45) is 16.9 Å². The van der Waals surface area contributed by atoms with E-state index in [1.807, 2.05) is 4.90 Å². The molecule has 1 aromatic rings. The Bertz CT molecular complexity index is 976. The molecule has 3 rings (SSSR count). The van der Waals surface area contributed by atoms with Crippen molar-refractivity contribution in [3.63, 3.8) is 0 Å². The molecule has 1 aliphatic heterocycles. The summed E-state index contributed by atoms with van der Waals surface area (Å²) in [6.07, 6.45) is 5.78. The van der Waals surface area contributed by atoms with Crippen LogP contribution in [0, 0.1) is 5.92 Å². The average molecular weight is 544 g/mol. The Hall–Kier alpha value is -3.12. The lowest BCUT2D eigenvalue weighted by molar-refractivity contribution is -0.146. The van der Waals surface area contributed by atoms with Gasteiger partial charge in [0.1, 0.15) is 24.6 Å². The molecule has 1 aliphatic carbocycles. The maximum absolute atomic E-state index is 13.2. The summed E-state index contributed by atoms with van der Waals surface area (Å²) in [5.41, 5.74) is -0.0178. The van der Waals surface area contributed by atoms with E-state index in [1.165, 1.54) is 23.2 Å². The minimum absolute atomic E-state index is 0. The number of rotatable bonds is 11. The molecule has 12 nitrogen and oxygen atoms in total. The summed E-state index contributed by atoms with van der Waals surface area (Å²) in [5.74, 6) is 2.49. The third-order valence-corrected chi connectivity index (χ3v) is 6.13. The lowest BCUT2D eigenvalue weighted by atomic mass is 9.98. The zero-order chi connectivity index (χ0) is 25.4. The van der Waals surface area contributed by atoms with E-state index in [2.05, 4.69) is 20.7 Å². The van der Waals surface area contributed by atoms with Crippen LogP contribution in [0.1, 0.15) is 42.6 Å². The Balaban J connectivity index is 0.00000456. The third-order valence-electron chi connectivity index (χ3n) is 5.89. The summed E-state index contributed by atoms with van der Waals surface area (Å²) in [5, 5.41) is 18.4. The fourth-order valence-corrected chi connectivity index (χ4v) is 4.22. The van der Waals surface area contributed by atoms with Crippen LogP contribution in [-0.4, -0.2) is 88.2 Å². The molecular weight excluding hydrogens is 513 g/mol. The Morgan fingerprint density at radius 3 is 2.72 bits per heavy atom. The van der Waals surface area contributed by atoms with Gasteiger partial charge in [-0.1, -0.05) is 11.6 Å². The maximum Gasteiger partial charge on any atom is 0.323 e. The lowest BCUT2D eigenvalue weighted by Crippen LogP contribution is -2.52. The predicted molar refractivity (Wildman–Crippen MR) is 135 cm³/mol. The second-order valence-corrected chi connectivity index (χ2v) is 9.19. The van der Waals surface area contributed by atoms with Crippen LogP contribution < -0.4 is 16.5 Å². The van der Waals surface area contributed by atoms with E-state index in [0.29, 0.717) is 25.9 Å². The molecule has 0 radical (unpaired) electrons. The van der Waals surface area contributed by atoms with Crippen molar-refractivity contribution in [3.05, 3.63) is 29.0 Å². The number of carboxylic acid groups (broad SMARTS) is 1. The lowest BCUT2D eigenvalue weighted by Gasteiger charge is -2.31. The van der Waals surface area contributed by atoms with Crippen molar-refractivity contribution in [2.75, 3.05) is 26.2 Å². The molecule has 14 heteroatoms. The number of hydrazone groups is 1. The largest absolute Gasteiger partial charge is 0.480 e. The van der Waals surface area contributed by atoms with Crippen molar-refractivity contribution in [1.82, 2.24) is 25.4 Å². The number of likely N-dealkylation sites (tertiary alicyclic amines) is 1. The first-order chi connectivity index (χ1) is 16.8. The van der Waals surface area contributed by atoms with Gasteiger partial charge in [0.15, 0.2) is 0 Å². The first-order valence-electron chi connectivity index (χ1n) is 11.5. The van der Waals surface area contributed by atoms with Gasteiger partial charge < -0.3 is 31.4 Å². The molecule has 0 bridgehead atoms. The number of carbonyl (C=O) groups excluding carboxylic acids is 3. The van der Waals surface area contributed by atoms with E-state index in [1.54, 1.807) is 6.34 Å². The van der Waals surface area contributed by atoms with Gasteiger partial charge in [-0.25, -0.2) is 0 Å². The van der Waals surface area contributed by atoms with E-state index in [-0.39, 0.29) is 41.5 Å². The second kappa shape index (κ2) is 13.8. The van der Waals surface area contributed by atoms with Crippen LogP contribution in [0.15, 0.2) is 23.4 Å². The van der Waals surface area contributed by atoms with Gasteiger partial charge >= 0.3 is 5.97 Å². The van der Waals surface area contributed by atoms with E-state index in [0.717, 1.165) is 19.4 Å². The molecule has 198 valence electrons. The van der Waals surface area contributed by atoms with Crippen molar-refractivity contribution < 1.29 is 24.3 Å². The average Bonchev–Trinajstić information content (AvgIpc) is 3.66. The zero-order valence-electron chi connectivity index (χ0n) is 19.6. The highest BCUT2D eigenvalue weighted by Gasteiger charge is 2.38. The van der Waals surface area contributed by atoms with Gasteiger partial charge in [0.05, 0.1) is 6.42 Å². The van der Waals surface area contributed by atoms with E-state index in [9.17, 15) is 24.3 Å². The third kappa shape index (κ3) is 8.83. The Kier molecular flexibility index (Phi) is 11.2. The Labute approximate surface area is 220 Å². The van der Waals surface area contributed by atoms with Crippen LogP contribution in [0.3, 0.4) is 0 Å². The zero-order valence-corrected chi connectivity index (χ0v) is 21.2.